The third-order valence-electron chi connectivity index (χ3n) is 3.04. The van der Waals surface area contributed by atoms with Gasteiger partial charge in [-0.2, -0.15) is 0 Å². The number of aryl methyl sites for hydroxylation is 2. The molecule has 3 N–H and O–H groups in total. The molecule has 0 aliphatic heterocycles. The molecule has 0 aliphatic carbocycles. The molecule has 0 aromatic heterocycles. The van der Waals surface area contributed by atoms with Gasteiger partial charge in [-0.15, -0.1) is 0 Å². The van der Waals surface area contributed by atoms with Crippen LogP contribution in [0.1, 0.15) is 21.5 Å². The molecule has 1 amide bonds. The summed E-state index contributed by atoms with van der Waals surface area (Å²) in [4.78, 5) is 12.1. The standard InChI is InChI=1S/C15H14BrFN2O/c1-8-6-14(9(2)5-13(8)18)19-15(20)11-4-3-10(16)7-12(11)17/h3-7H,18H2,1-2H3,(H,19,20). The summed E-state index contributed by atoms with van der Waals surface area (Å²) < 4.78 is 14.3. The maximum atomic E-state index is 13.7. The summed E-state index contributed by atoms with van der Waals surface area (Å²) in [6, 6.07) is 7.88. The lowest BCUT2D eigenvalue weighted by Crippen LogP contribution is -2.15. The van der Waals surface area contributed by atoms with Crippen molar-refractivity contribution in [2.45, 2.75) is 13.8 Å². The molecule has 0 heterocycles. The first kappa shape index (κ1) is 14.5. The minimum Gasteiger partial charge on any atom is -0.399 e. The van der Waals surface area contributed by atoms with Crippen molar-refractivity contribution in [3.05, 3.63) is 57.3 Å². The average molecular weight is 337 g/mol. The van der Waals surface area contributed by atoms with Crippen molar-refractivity contribution >= 4 is 33.2 Å². The molecule has 0 radical (unpaired) electrons. The van der Waals surface area contributed by atoms with Gasteiger partial charge in [0.05, 0.1) is 5.56 Å². The van der Waals surface area contributed by atoms with Gasteiger partial charge in [-0.25, -0.2) is 4.39 Å². The van der Waals surface area contributed by atoms with Crippen LogP contribution in [0.15, 0.2) is 34.8 Å². The normalized spacial score (nSPS) is 10.4. The molecule has 2 rings (SSSR count). The summed E-state index contributed by atoms with van der Waals surface area (Å²) in [6.45, 7) is 3.69. The Morgan fingerprint density at radius 2 is 1.90 bits per heavy atom. The lowest BCUT2D eigenvalue weighted by atomic mass is 10.1. The number of anilines is 2. The van der Waals surface area contributed by atoms with E-state index in [2.05, 4.69) is 21.2 Å². The van der Waals surface area contributed by atoms with Crippen molar-refractivity contribution in [1.82, 2.24) is 0 Å². The van der Waals surface area contributed by atoms with Gasteiger partial charge in [0.15, 0.2) is 0 Å². The molecule has 0 saturated heterocycles. The Kier molecular flexibility index (Phi) is 4.09. The lowest BCUT2D eigenvalue weighted by molar-refractivity contribution is 0.102. The number of amides is 1. The molecule has 0 unspecified atom stereocenters. The second-order valence-electron chi connectivity index (χ2n) is 4.60. The van der Waals surface area contributed by atoms with Gasteiger partial charge in [0, 0.05) is 15.8 Å². The van der Waals surface area contributed by atoms with Crippen LogP contribution in [0, 0.1) is 19.7 Å². The van der Waals surface area contributed by atoms with Crippen molar-refractivity contribution in [2.75, 3.05) is 11.1 Å². The van der Waals surface area contributed by atoms with Crippen LogP contribution in [-0.4, -0.2) is 5.91 Å². The Bertz CT molecular complexity index is 686. The molecule has 0 spiro atoms. The second-order valence-corrected chi connectivity index (χ2v) is 5.52. The molecule has 0 fully saturated rings. The quantitative estimate of drug-likeness (QED) is 0.813. The van der Waals surface area contributed by atoms with Crippen LogP contribution in [0.25, 0.3) is 0 Å². The number of carbonyl (C=O) groups excluding carboxylic acids is 1. The summed E-state index contributed by atoms with van der Waals surface area (Å²) >= 11 is 3.16. The molecule has 0 bridgehead atoms. The summed E-state index contributed by atoms with van der Waals surface area (Å²) in [7, 11) is 0. The van der Waals surface area contributed by atoms with Gasteiger partial charge < -0.3 is 11.1 Å². The molecule has 3 nitrogen and oxygen atoms in total. The fourth-order valence-electron chi connectivity index (χ4n) is 1.84. The first-order valence-corrected chi connectivity index (χ1v) is 6.81. The molecule has 0 saturated carbocycles. The zero-order valence-corrected chi connectivity index (χ0v) is 12.7. The minimum absolute atomic E-state index is 0.00192. The molecular weight excluding hydrogens is 323 g/mol. The zero-order chi connectivity index (χ0) is 14.9. The second kappa shape index (κ2) is 5.63. The number of rotatable bonds is 2. The lowest BCUT2D eigenvalue weighted by Gasteiger charge is -2.11. The Hall–Kier alpha value is -1.88. The fraction of sp³-hybridized carbons (Fsp3) is 0.133. The molecule has 0 aliphatic rings. The van der Waals surface area contributed by atoms with Crippen molar-refractivity contribution in [3.8, 4) is 0 Å². The van der Waals surface area contributed by atoms with Crippen molar-refractivity contribution in [2.24, 2.45) is 0 Å². The van der Waals surface area contributed by atoms with E-state index in [1.807, 2.05) is 13.8 Å². The van der Waals surface area contributed by atoms with Gasteiger partial charge in [-0.3, -0.25) is 4.79 Å². The molecule has 2 aromatic carbocycles. The average Bonchev–Trinajstić information content (AvgIpc) is 2.35. The number of nitrogen functional groups attached to an aromatic ring is 1. The number of nitrogens with two attached hydrogens (primary N) is 1. The third-order valence-corrected chi connectivity index (χ3v) is 3.53. The van der Waals surface area contributed by atoms with E-state index in [-0.39, 0.29) is 5.56 Å². The number of hydrogen-bond acceptors (Lipinski definition) is 2. The van der Waals surface area contributed by atoms with E-state index in [1.165, 1.54) is 12.1 Å². The number of benzene rings is 2. The predicted octanol–water partition coefficient (Wildman–Crippen LogP) is 4.04. The highest BCUT2D eigenvalue weighted by Crippen LogP contribution is 2.23. The van der Waals surface area contributed by atoms with E-state index in [1.54, 1.807) is 18.2 Å². The molecule has 2 aromatic rings. The largest absolute Gasteiger partial charge is 0.399 e. The van der Waals surface area contributed by atoms with Crippen LogP contribution in [-0.2, 0) is 0 Å². The Balaban J connectivity index is 2.30. The number of nitrogens with one attached hydrogen (secondary N) is 1. The van der Waals surface area contributed by atoms with Gasteiger partial charge in [0.25, 0.3) is 5.91 Å². The van der Waals surface area contributed by atoms with E-state index in [0.29, 0.717) is 15.8 Å². The van der Waals surface area contributed by atoms with Gasteiger partial charge in [0.1, 0.15) is 5.82 Å². The van der Waals surface area contributed by atoms with Gasteiger partial charge >= 0.3 is 0 Å². The maximum Gasteiger partial charge on any atom is 0.258 e. The first-order valence-electron chi connectivity index (χ1n) is 6.01. The van der Waals surface area contributed by atoms with Gasteiger partial charge in [-0.05, 0) is 55.3 Å². The monoisotopic (exact) mass is 336 g/mol. The highest BCUT2D eigenvalue weighted by molar-refractivity contribution is 9.10. The van der Waals surface area contributed by atoms with Crippen LogP contribution >= 0.6 is 15.9 Å². The highest BCUT2D eigenvalue weighted by Gasteiger charge is 2.13. The fourth-order valence-corrected chi connectivity index (χ4v) is 2.17. The molecule has 5 heteroatoms. The van der Waals surface area contributed by atoms with E-state index in [4.69, 9.17) is 5.73 Å². The highest BCUT2D eigenvalue weighted by atomic mass is 79.9. The Morgan fingerprint density at radius 1 is 1.20 bits per heavy atom. The molecule has 0 atom stereocenters. The summed E-state index contributed by atoms with van der Waals surface area (Å²) in [5.74, 6) is -1.05. The van der Waals surface area contributed by atoms with Crippen LogP contribution in [0.3, 0.4) is 0 Å². The zero-order valence-electron chi connectivity index (χ0n) is 11.1. The summed E-state index contributed by atoms with van der Waals surface area (Å²) in [5, 5.41) is 2.71. The van der Waals surface area contributed by atoms with Crippen molar-refractivity contribution in [3.63, 3.8) is 0 Å². The minimum atomic E-state index is -0.568. The molecule has 20 heavy (non-hydrogen) atoms. The van der Waals surface area contributed by atoms with Crippen molar-refractivity contribution < 1.29 is 9.18 Å². The van der Waals surface area contributed by atoms with E-state index >= 15 is 0 Å². The van der Waals surface area contributed by atoms with Crippen LogP contribution in [0.4, 0.5) is 15.8 Å². The van der Waals surface area contributed by atoms with Crippen LogP contribution in [0.5, 0.6) is 0 Å². The van der Waals surface area contributed by atoms with E-state index in [0.717, 1.165) is 11.1 Å². The number of halogens is 2. The number of carbonyl (C=O) groups is 1. The Morgan fingerprint density at radius 3 is 2.55 bits per heavy atom. The summed E-state index contributed by atoms with van der Waals surface area (Å²) in [6.07, 6.45) is 0. The molecule has 104 valence electrons. The maximum absolute atomic E-state index is 13.7. The third kappa shape index (κ3) is 2.99. The van der Waals surface area contributed by atoms with Crippen LogP contribution < -0.4 is 11.1 Å². The number of hydrogen-bond donors (Lipinski definition) is 2. The SMILES string of the molecule is Cc1cc(NC(=O)c2ccc(Br)cc2F)c(C)cc1N. The Labute approximate surface area is 125 Å². The smallest absolute Gasteiger partial charge is 0.258 e. The first-order chi connectivity index (χ1) is 9.38. The van der Waals surface area contributed by atoms with E-state index in [9.17, 15) is 9.18 Å². The summed E-state index contributed by atoms with van der Waals surface area (Å²) in [5.41, 5.74) is 8.78. The van der Waals surface area contributed by atoms with E-state index < -0.39 is 11.7 Å². The topological polar surface area (TPSA) is 55.1 Å². The van der Waals surface area contributed by atoms with Gasteiger partial charge in [0.2, 0.25) is 0 Å². The van der Waals surface area contributed by atoms with Gasteiger partial charge in [-0.1, -0.05) is 15.9 Å². The molecular formula is C15H14BrFN2O. The predicted molar refractivity (Wildman–Crippen MR) is 82.4 cm³/mol. The van der Waals surface area contributed by atoms with Crippen molar-refractivity contribution in [1.29, 1.82) is 0 Å². The van der Waals surface area contributed by atoms with Crippen LogP contribution in [0.2, 0.25) is 0 Å².